The second-order valence-corrected chi connectivity index (χ2v) is 4.21. The first-order valence-electron chi connectivity index (χ1n) is 4.87. The largest absolute Gasteiger partial charge is 0.424 e. The molecule has 0 bridgehead atoms. The molecule has 0 spiro atoms. The van der Waals surface area contributed by atoms with Crippen molar-refractivity contribution in [3.8, 4) is 11.8 Å². The summed E-state index contributed by atoms with van der Waals surface area (Å²) in [6.07, 6.45) is 0.941. The molecule has 0 aliphatic rings. The number of ether oxygens (including phenoxy) is 1. The lowest BCUT2D eigenvalue weighted by molar-refractivity contribution is -0.384. The molecule has 1 heterocycles. The van der Waals surface area contributed by atoms with Crippen LogP contribution in [-0.2, 0) is 0 Å². The van der Waals surface area contributed by atoms with Gasteiger partial charge in [0.05, 0.1) is 9.40 Å². The first-order valence-corrected chi connectivity index (χ1v) is 5.66. The van der Waals surface area contributed by atoms with Gasteiger partial charge in [-0.05, 0) is 34.1 Å². The predicted octanol–water partition coefficient (Wildman–Crippen LogP) is 2.66. The van der Waals surface area contributed by atoms with E-state index < -0.39 is 16.4 Å². The zero-order valence-corrected chi connectivity index (χ0v) is 10.8. The van der Waals surface area contributed by atoms with Gasteiger partial charge in [0.1, 0.15) is 17.8 Å². The average molecular weight is 329 g/mol. The van der Waals surface area contributed by atoms with Crippen LogP contribution in [-0.4, -0.2) is 14.9 Å². The number of nitro groups is 1. The Balaban J connectivity index is 2.26. The van der Waals surface area contributed by atoms with Gasteiger partial charge in [-0.3, -0.25) is 10.1 Å². The monoisotopic (exact) mass is 328 g/mol. The fraction of sp³-hybridized carbons (Fsp3) is 0. The van der Waals surface area contributed by atoms with Crippen LogP contribution in [0.4, 0.5) is 15.9 Å². The molecule has 0 fully saturated rings. The summed E-state index contributed by atoms with van der Waals surface area (Å²) in [6.45, 7) is 0. The summed E-state index contributed by atoms with van der Waals surface area (Å²) in [4.78, 5) is 17.1. The van der Waals surface area contributed by atoms with Gasteiger partial charge in [0.25, 0.3) is 0 Å². The van der Waals surface area contributed by atoms with Gasteiger partial charge in [-0.25, -0.2) is 4.39 Å². The highest BCUT2D eigenvalue weighted by Gasteiger charge is 2.15. The van der Waals surface area contributed by atoms with Crippen molar-refractivity contribution in [1.29, 1.82) is 0 Å². The highest BCUT2D eigenvalue weighted by molar-refractivity contribution is 9.10. The van der Waals surface area contributed by atoms with Crippen LogP contribution in [0.5, 0.6) is 11.8 Å². The molecular formula is C10H6BrFN4O3. The molecule has 2 aromatic rings. The van der Waals surface area contributed by atoms with Gasteiger partial charge in [0.2, 0.25) is 5.82 Å². The Morgan fingerprint density at radius 1 is 1.47 bits per heavy atom. The number of anilines is 1. The zero-order valence-electron chi connectivity index (χ0n) is 9.21. The predicted molar refractivity (Wildman–Crippen MR) is 67.3 cm³/mol. The van der Waals surface area contributed by atoms with E-state index in [-0.39, 0.29) is 22.1 Å². The molecule has 0 aliphatic carbocycles. The SMILES string of the molecule is Nc1nc(Oc2ccc(F)c(Br)c2)ncc1[N+](=O)[O-]. The summed E-state index contributed by atoms with van der Waals surface area (Å²) in [5, 5.41) is 10.5. The maximum Gasteiger partial charge on any atom is 0.329 e. The van der Waals surface area contributed by atoms with Crippen molar-refractivity contribution in [2.45, 2.75) is 0 Å². The minimum Gasteiger partial charge on any atom is -0.424 e. The molecular weight excluding hydrogens is 323 g/mol. The lowest BCUT2D eigenvalue weighted by atomic mass is 10.3. The summed E-state index contributed by atoms with van der Waals surface area (Å²) in [7, 11) is 0. The van der Waals surface area contributed by atoms with Gasteiger partial charge in [-0.1, -0.05) is 0 Å². The van der Waals surface area contributed by atoms with Crippen molar-refractivity contribution in [2.24, 2.45) is 0 Å². The van der Waals surface area contributed by atoms with Gasteiger partial charge in [0, 0.05) is 0 Å². The fourth-order valence-corrected chi connectivity index (χ4v) is 1.57. The number of rotatable bonds is 3. The molecule has 0 radical (unpaired) electrons. The van der Waals surface area contributed by atoms with Crippen LogP contribution >= 0.6 is 15.9 Å². The van der Waals surface area contributed by atoms with Crippen LogP contribution in [0.3, 0.4) is 0 Å². The molecule has 98 valence electrons. The van der Waals surface area contributed by atoms with E-state index in [1.165, 1.54) is 18.2 Å². The lowest BCUT2D eigenvalue weighted by Crippen LogP contribution is -2.01. The highest BCUT2D eigenvalue weighted by Crippen LogP contribution is 2.26. The number of aromatic nitrogens is 2. The minimum atomic E-state index is -0.701. The Morgan fingerprint density at radius 3 is 2.79 bits per heavy atom. The van der Waals surface area contributed by atoms with E-state index in [1.807, 2.05) is 0 Å². The van der Waals surface area contributed by atoms with Gasteiger partial charge in [0.15, 0.2) is 0 Å². The van der Waals surface area contributed by atoms with Gasteiger partial charge in [-0.2, -0.15) is 9.97 Å². The molecule has 0 atom stereocenters. The Kier molecular flexibility index (Phi) is 3.56. The standard InChI is InChI=1S/C10H6BrFN4O3/c11-6-3-5(1-2-7(6)12)19-10-14-4-8(16(17)18)9(13)15-10/h1-4H,(H2,13,14,15). The number of nitrogens with zero attached hydrogens (tertiary/aromatic N) is 3. The van der Waals surface area contributed by atoms with Crippen molar-refractivity contribution in [3.05, 3.63) is 44.8 Å². The number of nitrogen functional groups attached to an aromatic ring is 1. The molecule has 9 heteroatoms. The van der Waals surface area contributed by atoms with Crippen LogP contribution in [0, 0.1) is 15.9 Å². The topological polar surface area (TPSA) is 104 Å². The quantitative estimate of drug-likeness (QED) is 0.686. The second kappa shape index (κ2) is 5.14. The van der Waals surface area contributed by atoms with Crippen molar-refractivity contribution in [1.82, 2.24) is 9.97 Å². The van der Waals surface area contributed by atoms with E-state index in [4.69, 9.17) is 10.5 Å². The number of halogens is 2. The molecule has 19 heavy (non-hydrogen) atoms. The van der Waals surface area contributed by atoms with Crippen LogP contribution in [0.25, 0.3) is 0 Å². The summed E-state index contributed by atoms with van der Waals surface area (Å²) in [6, 6.07) is 3.76. The smallest absolute Gasteiger partial charge is 0.329 e. The second-order valence-electron chi connectivity index (χ2n) is 3.36. The van der Waals surface area contributed by atoms with Crippen molar-refractivity contribution >= 4 is 27.4 Å². The van der Waals surface area contributed by atoms with E-state index in [0.717, 1.165) is 6.20 Å². The van der Waals surface area contributed by atoms with E-state index in [0.29, 0.717) is 0 Å². The molecule has 2 rings (SSSR count). The van der Waals surface area contributed by atoms with E-state index in [1.54, 1.807) is 0 Å². The van der Waals surface area contributed by atoms with Crippen LogP contribution in [0.15, 0.2) is 28.9 Å². The summed E-state index contributed by atoms with van der Waals surface area (Å²) < 4.78 is 18.4. The van der Waals surface area contributed by atoms with Crippen molar-refractivity contribution < 1.29 is 14.1 Å². The molecule has 1 aromatic carbocycles. The Morgan fingerprint density at radius 2 is 2.21 bits per heavy atom. The lowest BCUT2D eigenvalue weighted by Gasteiger charge is -2.05. The minimum absolute atomic E-state index is 0.165. The molecule has 0 saturated heterocycles. The molecule has 2 N–H and O–H groups in total. The van der Waals surface area contributed by atoms with Crippen molar-refractivity contribution in [3.63, 3.8) is 0 Å². The first-order chi connectivity index (χ1) is 8.97. The Labute approximate surface area is 114 Å². The summed E-state index contributed by atoms with van der Waals surface area (Å²) in [5.74, 6) is -0.491. The first kappa shape index (κ1) is 13.1. The van der Waals surface area contributed by atoms with E-state index >= 15 is 0 Å². The molecule has 0 amide bonds. The molecule has 0 aliphatic heterocycles. The Bertz CT molecular complexity index is 653. The highest BCUT2D eigenvalue weighted by atomic mass is 79.9. The number of benzene rings is 1. The number of nitrogens with two attached hydrogens (primary N) is 1. The molecule has 0 saturated carbocycles. The van der Waals surface area contributed by atoms with E-state index in [2.05, 4.69) is 25.9 Å². The van der Waals surface area contributed by atoms with E-state index in [9.17, 15) is 14.5 Å². The van der Waals surface area contributed by atoms with Gasteiger partial charge < -0.3 is 10.5 Å². The van der Waals surface area contributed by atoms with Crippen LogP contribution in [0.2, 0.25) is 0 Å². The maximum atomic E-state index is 13.0. The number of hydrogen-bond donors (Lipinski definition) is 1. The Hall–Kier alpha value is -2.29. The third kappa shape index (κ3) is 2.94. The molecule has 0 unspecified atom stereocenters. The molecule has 7 nitrogen and oxygen atoms in total. The number of hydrogen-bond acceptors (Lipinski definition) is 6. The average Bonchev–Trinajstić information content (AvgIpc) is 2.33. The maximum absolute atomic E-state index is 13.0. The summed E-state index contributed by atoms with van der Waals surface area (Å²) in [5.41, 5.74) is 4.98. The fourth-order valence-electron chi connectivity index (χ4n) is 1.21. The van der Waals surface area contributed by atoms with Crippen molar-refractivity contribution in [2.75, 3.05) is 5.73 Å². The van der Waals surface area contributed by atoms with Gasteiger partial charge >= 0.3 is 11.7 Å². The zero-order chi connectivity index (χ0) is 14.0. The third-order valence-electron chi connectivity index (χ3n) is 2.07. The van der Waals surface area contributed by atoms with Crippen LogP contribution < -0.4 is 10.5 Å². The molecule has 1 aromatic heterocycles. The van der Waals surface area contributed by atoms with Crippen LogP contribution in [0.1, 0.15) is 0 Å². The summed E-state index contributed by atoms with van der Waals surface area (Å²) >= 11 is 2.99. The third-order valence-corrected chi connectivity index (χ3v) is 2.68. The van der Waals surface area contributed by atoms with Gasteiger partial charge in [-0.15, -0.1) is 0 Å². The normalized spacial score (nSPS) is 10.2.